The van der Waals surface area contributed by atoms with Gasteiger partial charge in [-0.1, -0.05) is 27.2 Å². The van der Waals surface area contributed by atoms with Crippen LogP contribution in [0, 0.1) is 5.92 Å². The second-order valence-electron chi connectivity index (χ2n) is 3.76. The first-order valence-electron chi connectivity index (χ1n) is 4.99. The molecular formula is C9H18N4. The van der Waals surface area contributed by atoms with Crippen molar-refractivity contribution < 1.29 is 0 Å². The third kappa shape index (κ3) is 3.53. The maximum absolute atomic E-state index is 4.28. The predicted octanol–water partition coefficient (Wildman–Crippen LogP) is 1.67. The van der Waals surface area contributed by atoms with Crippen LogP contribution in [0.2, 0.25) is 0 Å². The summed E-state index contributed by atoms with van der Waals surface area (Å²) in [5, 5.41) is 12.3. The van der Waals surface area contributed by atoms with Gasteiger partial charge in [-0.3, -0.25) is 0 Å². The zero-order chi connectivity index (χ0) is 9.68. The summed E-state index contributed by atoms with van der Waals surface area (Å²) in [5.41, 5.74) is 0. The number of aromatic nitrogens is 4. The molecule has 0 saturated carbocycles. The van der Waals surface area contributed by atoms with Crippen molar-refractivity contribution in [1.29, 1.82) is 0 Å². The quantitative estimate of drug-likeness (QED) is 0.695. The summed E-state index contributed by atoms with van der Waals surface area (Å²) in [6, 6.07) is 0. The molecule has 0 saturated heterocycles. The summed E-state index contributed by atoms with van der Waals surface area (Å²) < 4.78 is 0. The van der Waals surface area contributed by atoms with Gasteiger partial charge in [-0.15, -0.1) is 10.2 Å². The van der Waals surface area contributed by atoms with Crippen molar-refractivity contribution in [2.45, 2.75) is 46.6 Å². The Morgan fingerprint density at radius 2 is 2.15 bits per heavy atom. The lowest BCUT2D eigenvalue weighted by atomic mass is 10.2. The number of rotatable bonds is 5. The Kier molecular flexibility index (Phi) is 3.86. The van der Waals surface area contributed by atoms with E-state index in [0.717, 1.165) is 25.2 Å². The SMILES string of the molecule is CCCCc1nnn(CC(C)C)n1. The molecule has 0 radical (unpaired) electrons. The summed E-state index contributed by atoms with van der Waals surface area (Å²) in [6.45, 7) is 7.32. The van der Waals surface area contributed by atoms with E-state index in [1.54, 1.807) is 4.80 Å². The molecule has 1 heterocycles. The summed E-state index contributed by atoms with van der Waals surface area (Å²) in [4.78, 5) is 1.69. The minimum Gasteiger partial charge on any atom is -0.164 e. The fourth-order valence-corrected chi connectivity index (χ4v) is 1.12. The highest BCUT2D eigenvalue weighted by Crippen LogP contribution is 1.99. The van der Waals surface area contributed by atoms with E-state index in [9.17, 15) is 0 Å². The van der Waals surface area contributed by atoms with Crippen LogP contribution in [0.4, 0.5) is 0 Å². The first-order chi connectivity index (χ1) is 6.22. The standard InChI is InChI=1S/C9H18N4/c1-4-5-6-9-10-12-13(11-9)7-8(2)3/h8H,4-7H2,1-3H3. The molecule has 0 spiro atoms. The van der Waals surface area contributed by atoms with Crippen LogP contribution in [0.25, 0.3) is 0 Å². The van der Waals surface area contributed by atoms with E-state index < -0.39 is 0 Å². The van der Waals surface area contributed by atoms with Crippen molar-refractivity contribution >= 4 is 0 Å². The Balaban J connectivity index is 2.44. The number of hydrogen-bond acceptors (Lipinski definition) is 3. The van der Waals surface area contributed by atoms with Crippen molar-refractivity contribution in [1.82, 2.24) is 20.2 Å². The molecule has 1 aromatic rings. The van der Waals surface area contributed by atoms with Crippen molar-refractivity contribution in [3.8, 4) is 0 Å². The molecule has 4 heteroatoms. The number of tetrazole rings is 1. The van der Waals surface area contributed by atoms with Crippen molar-refractivity contribution in [2.24, 2.45) is 5.92 Å². The third-order valence-electron chi connectivity index (χ3n) is 1.78. The Morgan fingerprint density at radius 3 is 2.77 bits per heavy atom. The lowest BCUT2D eigenvalue weighted by Gasteiger charge is -2.00. The van der Waals surface area contributed by atoms with Gasteiger partial charge in [-0.2, -0.15) is 4.80 Å². The summed E-state index contributed by atoms with van der Waals surface area (Å²) in [5.74, 6) is 1.45. The van der Waals surface area contributed by atoms with Crippen LogP contribution < -0.4 is 0 Å². The van der Waals surface area contributed by atoms with Gasteiger partial charge >= 0.3 is 0 Å². The first-order valence-corrected chi connectivity index (χ1v) is 4.99. The third-order valence-corrected chi connectivity index (χ3v) is 1.78. The van der Waals surface area contributed by atoms with Gasteiger partial charge in [0.15, 0.2) is 5.82 Å². The van der Waals surface area contributed by atoms with E-state index in [0.29, 0.717) is 5.92 Å². The number of aryl methyl sites for hydroxylation is 1. The molecule has 0 aliphatic heterocycles. The molecule has 0 atom stereocenters. The molecule has 4 nitrogen and oxygen atoms in total. The summed E-state index contributed by atoms with van der Waals surface area (Å²) in [7, 11) is 0. The minimum absolute atomic E-state index is 0.577. The zero-order valence-corrected chi connectivity index (χ0v) is 8.69. The largest absolute Gasteiger partial charge is 0.174 e. The first kappa shape index (κ1) is 10.2. The molecule has 0 N–H and O–H groups in total. The average molecular weight is 182 g/mol. The molecule has 0 bridgehead atoms. The number of unbranched alkanes of at least 4 members (excludes halogenated alkanes) is 1. The highest BCUT2D eigenvalue weighted by molar-refractivity contribution is 4.76. The molecule has 1 aromatic heterocycles. The van der Waals surface area contributed by atoms with E-state index in [-0.39, 0.29) is 0 Å². The maximum Gasteiger partial charge on any atom is 0.174 e. The van der Waals surface area contributed by atoms with Gasteiger partial charge in [0.05, 0.1) is 6.54 Å². The second kappa shape index (κ2) is 4.94. The summed E-state index contributed by atoms with van der Waals surface area (Å²) >= 11 is 0. The highest BCUT2D eigenvalue weighted by Gasteiger charge is 2.03. The monoisotopic (exact) mass is 182 g/mol. The molecule has 0 aromatic carbocycles. The van der Waals surface area contributed by atoms with Crippen LogP contribution in [0.15, 0.2) is 0 Å². The number of nitrogens with zero attached hydrogens (tertiary/aromatic N) is 4. The van der Waals surface area contributed by atoms with E-state index in [4.69, 9.17) is 0 Å². The van der Waals surface area contributed by atoms with Crippen LogP contribution in [-0.4, -0.2) is 20.2 Å². The average Bonchev–Trinajstić information content (AvgIpc) is 2.48. The van der Waals surface area contributed by atoms with Gasteiger partial charge in [0.2, 0.25) is 0 Å². The van der Waals surface area contributed by atoms with Crippen LogP contribution >= 0.6 is 0 Å². The Morgan fingerprint density at radius 1 is 1.38 bits per heavy atom. The Bertz CT molecular complexity index is 242. The van der Waals surface area contributed by atoms with Crippen molar-refractivity contribution in [2.75, 3.05) is 0 Å². The topological polar surface area (TPSA) is 43.6 Å². The van der Waals surface area contributed by atoms with Crippen LogP contribution in [0.1, 0.15) is 39.4 Å². The van der Waals surface area contributed by atoms with Gasteiger partial charge in [-0.05, 0) is 17.6 Å². The predicted molar refractivity (Wildman–Crippen MR) is 51.3 cm³/mol. The molecule has 74 valence electrons. The normalized spacial score (nSPS) is 11.1. The molecular weight excluding hydrogens is 164 g/mol. The smallest absolute Gasteiger partial charge is 0.164 e. The Hall–Kier alpha value is -0.930. The minimum atomic E-state index is 0.577. The molecule has 0 unspecified atom stereocenters. The molecule has 0 amide bonds. The lowest BCUT2D eigenvalue weighted by Crippen LogP contribution is -2.08. The van der Waals surface area contributed by atoms with E-state index in [1.165, 1.54) is 6.42 Å². The zero-order valence-electron chi connectivity index (χ0n) is 8.69. The number of hydrogen-bond donors (Lipinski definition) is 0. The van der Waals surface area contributed by atoms with Crippen molar-refractivity contribution in [3.05, 3.63) is 5.82 Å². The fraction of sp³-hybridized carbons (Fsp3) is 0.889. The van der Waals surface area contributed by atoms with Gasteiger partial charge in [0, 0.05) is 6.42 Å². The van der Waals surface area contributed by atoms with Gasteiger partial charge in [-0.25, -0.2) is 0 Å². The summed E-state index contributed by atoms with van der Waals surface area (Å²) in [6.07, 6.45) is 3.28. The van der Waals surface area contributed by atoms with Gasteiger partial charge in [0.25, 0.3) is 0 Å². The van der Waals surface area contributed by atoms with Crippen LogP contribution in [0.5, 0.6) is 0 Å². The highest BCUT2D eigenvalue weighted by atomic mass is 15.6. The molecule has 13 heavy (non-hydrogen) atoms. The molecule has 1 rings (SSSR count). The van der Waals surface area contributed by atoms with E-state index >= 15 is 0 Å². The lowest BCUT2D eigenvalue weighted by molar-refractivity contribution is 0.428. The molecule has 0 fully saturated rings. The fourth-order valence-electron chi connectivity index (χ4n) is 1.12. The van der Waals surface area contributed by atoms with Crippen molar-refractivity contribution in [3.63, 3.8) is 0 Å². The Labute approximate surface area is 79.3 Å². The van der Waals surface area contributed by atoms with E-state index in [1.807, 2.05) is 0 Å². The maximum atomic E-state index is 4.28. The van der Waals surface area contributed by atoms with Gasteiger partial charge in [0.1, 0.15) is 0 Å². The van der Waals surface area contributed by atoms with Crippen LogP contribution in [0.3, 0.4) is 0 Å². The molecule has 0 aliphatic rings. The van der Waals surface area contributed by atoms with E-state index in [2.05, 4.69) is 36.2 Å². The van der Waals surface area contributed by atoms with Crippen LogP contribution in [-0.2, 0) is 13.0 Å². The molecule has 0 aliphatic carbocycles. The second-order valence-corrected chi connectivity index (χ2v) is 3.76. The van der Waals surface area contributed by atoms with Gasteiger partial charge < -0.3 is 0 Å².